The molecule has 0 radical (unpaired) electrons. The summed E-state index contributed by atoms with van der Waals surface area (Å²) in [4.78, 5) is 18.1. The number of aromatic nitrogens is 2. The van der Waals surface area contributed by atoms with Crippen LogP contribution in [-0.2, 0) is 9.53 Å². The SMILES string of the molecule is COC(=O)C(C)Nc1nc(Cl)ncc1F. The summed E-state index contributed by atoms with van der Waals surface area (Å²) in [5, 5.41) is 2.42. The Morgan fingerprint density at radius 3 is 3.00 bits per heavy atom. The van der Waals surface area contributed by atoms with Gasteiger partial charge in [-0.2, -0.15) is 4.98 Å². The number of rotatable bonds is 3. The molecule has 82 valence electrons. The Labute approximate surface area is 90.6 Å². The second-order valence-corrected chi connectivity index (χ2v) is 3.06. The van der Waals surface area contributed by atoms with Gasteiger partial charge in [0.1, 0.15) is 6.04 Å². The van der Waals surface area contributed by atoms with Gasteiger partial charge in [0.2, 0.25) is 5.28 Å². The van der Waals surface area contributed by atoms with Crippen LogP contribution in [0.25, 0.3) is 0 Å². The lowest BCUT2D eigenvalue weighted by molar-refractivity contribution is -0.141. The molecule has 0 amide bonds. The van der Waals surface area contributed by atoms with Crippen LogP contribution in [0.5, 0.6) is 0 Å². The van der Waals surface area contributed by atoms with Crippen LogP contribution in [0.1, 0.15) is 6.92 Å². The number of methoxy groups -OCH3 is 1. The number of carbonyl (C=O) groups excluding carboxylic acids is 1. The highest BCUT2D eigenvalue weighted by Crippen LogP contribution is 2.13. The van der Waals surface area contributed by atoms with Crippen LogP contribution in [0.2, 0.25) is 5.28 Å². The van der Waals surface area contributed by atoms with E-state index in [1.807, 2.05) is 0 Å². The molecule has 0 aromatic carbocycles. The van der Waals surface area contributed by atoms with E-state index in [4.69, 9.17) is 11.6 Å². The van der Waals surface area contributed by atoms with Crippen molar-refractivity contribution in [1.29, 1.82) is 0 Å². The molecular formula is C8H9ClFN3O2. The fraction of sp³-hybridized carbons (Fsp3) is 0.375. The summed E-state index contributed by atoms with van der Waals surface area (Å²) in [6.45, 7) is 1.52. The van der Waals surface area contributed by atoms with Gasteiger partial charge < -0.3 is 10.1 Å². The number of anilines is 1. The number of nitrogens with zero attached hydrogens (tertiary/aromatic N) is 2. The van der Waals surface area contributed by atoms with Gasteiger partial charge in [-0.1, -0.05) is 0 Å². The van der Waals surface area contributed by atoms with Crippen LogP contribution in [-0.4, -0.2) is 29.1 Å². The maximum Gasteiger partial charge on any atom is 0.328 e. The molecule has 0 saturated heterocycles. The number of nitrogens with one attached hydrogen (secondary N) is 1. The largest absolute Gasteiger partial charge is 0.467 e. The van der Waals surface area contributed by atoms with E-state index in [1.165, 1.54) is 14.0 Å². The molecule has 1 rings (SSSR count). The molecule has 0 fully saturated rings. The zero-order chi connectivity index (χ0) is 11.4. The minimum atomic E-state index is -0.713. The monoisotopic (exact) mass is 233 g/mol. The Morgan fingerprint density at radius 2 is 2.40 bits per heavy atom. The molecule has 5 nitrogen and oxygen atoms in total. The van der Waals surface area contributed by atoms with Crippen molar-refractivity contribution in [2.75, 3.05) is 12.4 Å². The minimum absolute atomic E-state index is 0.101. The number of esters is 1. The summed E-state index contributed by atoms with van der Waals surface area (Å²) in [6, 6.07) is -0.713. The lowest BCUT2D eigenvalue weighted by Gasteiger charge is -2.12. The molecule has 1 unspecified atom stereocenters. The van der Waals surface area contributed by atoms with E-state index >= 15 is 0 Å². The molecule has 0 aliphatic heterocycles. The molecule has 7 heteroatoms. The first-order valence-electron chi connectivity index (χ1n) is 4.07. The summed E-state index contributed by atoms with van der Waals surface area (Å²) < 4.78 is 17.6. The molecule has 1 aromatic heterocycles. The maximum absolute atomic E-state index is 13.1. The van der Waals surface area contributed by atoms with Crippen molar-refractivity contribution in [2.24, 2.45) is 0 Å². The fourth-order valence-corrected chi connectivity index (χ4v) is 1.02. The van der Waals surface area contributed by atoms with Crippen LogP contribution in [0.15, 0.2) is 6.20 Å². The normalized spacial score (nSPS) is 12.0. The second kappa shape index (κ2) is 4.88. The number of carbonyl (C=O) groups is 1. The third kappa shape index (κ3) is 3.02. The number of ether oxygens (including phenoxy) is 1. The fourth-order valence-electron chi connectivity index (χ4n) is 0.888. The Balaban J connectivity index is 2.80. The van der Waals surface area contributed by atoms with Gasteiger partial charge in [-0.25, -0.2) is 14.2 Å². The molecule has 1 atom stereocenters. The van der Waals surface area contributed by atoms with Gasteiger partial charge in [-0.15, -0.1) is 0 Å². The van der Waals surface area contributed by atoms with Gasteiger partial charge in [-0.3, -0.25) is 0 Å². The van der Waals surface area contributed by atoms with Crippen molar-refractivity contribution in [1.82, 2.24) is 9.97 Å². The average molecular weight is 234 g/mol. The third-order valence-corrected chi connectivity index (χ3v) is 1.80. The molecular weight excluding hydrogens is 225 g/mol. The van der Waals surface area contributed by atoms with Gasteiger partial charge >= 0.3 is 5.97 Å². The zero-order valence-corrected chi connectivity index (χ0v) is 8.88. The topological polar surface area (TPSA) is 64.1 Å². The first-order valence-corrected chi connectivity index (χ1v) is 4.44. The summed E-state index contributed by atoms with van der Waals surface area (Å²) in [6.07, 6.45) is 0.918. The number of halogens is 2. The van der Waals surface area contributed by atoms with Crippen LogP contribution < -0.4 is 5.32 Å². The van der Waals surface area contributed by atoms with Crippen molar-refractivity contribution < 1.29 is 13.9 Å². The molecule has 0 bridgehead atoms. The van der Waals surface area contributed by atoms with Gasteiger partial charge in [-0.05, 0) is 18.5 Å². The predicted octanol–water partition coefficient (Wildman–Crippen LogP) is 1.24. The maximum atomic E-state index is 13.1. The highest BCUT2D eigenvalue weighted by atomic mass is 35.5. The van der Waals surface area contributed by atoms with E-state index in [0.717, 1.165) is 6.20 Å². The van der Waals surface area contributed by atoms with Crippen LogP contribution in [0, 0.1) is 5.82 Å². The van der Waals surface area contributed by atoms with Gasteiger partial charge in [0, 0.05) is 0 Å². The summed E-state index contributed by atoms with van der Waals surface area (Å²) in [7, 11) is 1.24. The summed E-state index contributed by atoms with van der Waals surface area (Å²) >= 11 is 5.47. The third-order valence-electron chi connectivity index (χ3n) is 1.62. The first-order chi connectivity index (χ1) is 7.04. The highest BCUT2D eigenvalue weighted by molar-refractivity contribution is 6.28. The lowest BCUT2D eigenvalue weighted by Crippen LogP contribution is -2.28. The van der Waals surface area contributed by atoms with Gasteiger partial charge in [0.25, 0.3) is 0 Å². The summed E-state index contributed by atoms with van der Waals surface area (Å²) in [5.74, 6) is -1.34. The van der Waals surface area contributed by atoms with E-state index in [9.17, 15) is 9.18 Å². The van der Waals surface area contributed by atoms with Crippen molar-refractivity contribution in [3.8, 4) is 0 Å². The van der Waals surface area contributed by atoms with Crippen LogP contribution in [0.3, 0.4) is 0 Å². The molecule has 0 aliphatic carbocycles. The quantitative estimate of drug-likeness (QED) is 0.629. The smallest absolute Gasteiger partial charge is 0.328 e. The van der Waals surface area contributed by atoms with Gasteiger partial charge in [0.15, 0.2) is 11.6 Å². The van der Waals surface area contributed by atoms with Crippen LogP contribution in [0.4, 0.5) is 10.2 Å². The van der Waals surface area contributed by atoms with E-state index in [0.29, 0.717) is 0 Å². The number of hydrogen-bond donors (Lipinski definition) is 1. The molecule has 0 aliphatic rings. The Kier molecular flexibility index (Phi) is 3.79. The van der Waals surface area contributed by atoms with E-state index in [2.05, 4.69) is 20.0 Å². The molecule has 0 saturated carbocycles. The Morgan fingerprint density at radius 1 is 1.73 bits per heavy atom. The van der Waals surface area contributed by atoms with Crippen molar-refractivity contribution in [3.05, 3.63) is 17.3 Å². The van der Waals surface area contributed by atoms with Crippen molar-refractivity contribution >= 4 is 23.4 Å². The van der Waals surface area contributed by atoms with E-state index < -0.39 is 17.8 Å². The molecule has 1 aromatic rings. The second-order valence-electron chi connectivity index (χ2n) is 2.72. The minimum Gasteiger partial charge on any atom is -0.467 e. The van der Waals surface area contributed by atoms with Crippen molar-refractivity contribution in [2.45, 2.75) is 13.0 Å². The van der Waals surface area contributed by atoms with Gasteiger partial charge in [0.05, 0.1) is 13.3 Å². The van der Waals surface area contributed by atoms with Crippen molar-refractivity contribution in [3.63, 3.8) is 0 Å². The van der Waals surface area contributed by atoms with E-state index in [1.54, 1.807) is 0 Å². The number of hydrogen-bond acceptors (Lipinski definition) is 5. The summed E-state index contributed by atoms with van der Waals surface area (Å²) in [5.41, 5.74) is 0. The molecule has 1 N–H and O–H groups in total. The van der Waals surface area contributed by atoms with Crippen LogP contribution >= 0.6 is 11.6 Å². The van der Waals surface area contributed by atoms with E-state index in [-0.39, 0.29) is 11.1 Å². The highest BCUT2D eigenvalue weighted by Gasteiger charge is 2.15. The lowest BCUT2D eigenvalue weighted by atomic mass is 10.3. The Hall–Kier alpha value is -1.43. The molecule has 1 heterocycles. The zero-order valence-electron chi connectivity index (χ0n) is 8.12. The predicted molar refractivity (Wildman–Crippen MR) is 52.1 cm³/mol. The molecule has 15 heavy (non-hydrogen) atoms. The molecule has 0 spiro atoms. The first kappa shape index (κ1) is 11.6. The standard InChI is InChI=1S/C8H9ClFN3O2/c1-4(7(14)15-2)12-6-5(10)3-11-8(9)13-6/h3-4H,1-2H3,(H,11,12,13). The average Bonchev–Trinajstić information content (AvgIpc) is 2.22. The Bertz CT molecular complexity index is 375.